The molecular weight excluding hydrogens is 378 g/mol. The zero-order chi connectivity index (χ0) is 21.1. The van der Waals surface area contributed by atoms with E-state index in [1.165, 1.54) is 38.8 Å². The molecule has 0 aromatic carbocycles. The van der Waals surface area contributed by atoms with Crippen molar-refractivity contribution in [3.05, 3.63) is 5.82 Å². The van der Waals surface area contributed by atoms with Crippen molar-refractivity contribution in [3.63, 3.8) is 0 Å². The molecule has 4 heterocycles. The number of carbonyl (C=O) groups is 1. The average Bonchev–Trinajstić information content (AvgIpc) is 3.44. The van der Waals surface area contributed by atoms with Gasteiger partial charge >= 0.3 is 0 Å². The minimum atomic E-state index is -0.264. The first-order valence-electron chi connectivity index (χ1n) is 12.0. The summed E-state index contributed by atoms with van der Waals surface area (Å²) in [6.07, 6.45) is 8.19. The highest BCUT2D eigenvalue weighted by Crippen LogP contribution is 2.39. The molecule has 30 heavy (non-hydrogen) atoms. The predicted molar refractivity (Wildman–Crippen MR) is 116 cm³/mol. The van der Waals surface area contributed by atoms with Crippen LogP contribution in [0.25, 0.3) is 0 Å². The summed E-state index contributed by atoms with van der Waals surface area (Å²) in [5, 5.41) is 13.0. The highest BCUT2D eigenvalue weighted by Gasteiger charge is 2.48. The summed E-state index contributed by atoms with van der Waals surface area (Å²) in [4.78, 5) is 19.6. The summed E-state index contributed by atoms with van der Waals surface area (Å²) in [5.41, 5.74) is -0.264. The third-order valence-corrected chi connectivity index (χ3v) is 7.51. The number of carbonyl (C=O) groups excluding carboxylic acids is 1. The molecule has 1 amide bonds. The van der Waals surface area contributed by atoms with Crippen LogP contribution in [-0.2, 0) is 16.9 Å². The Balaban J connectivity index is 1.57. The van der Waals surface area contributed by atoms with Crippen LogP contribution >= 0.6 is 0 Å². The maximum atomic E-state index is 12.3. The van der Waals surface area contributed by atoms with Crippen LogP contribution in [0.2, 0.25) is 0 Å². The van der Waals surface area contributed by atoms with Crippen molar-refractivity contribution in [1.82, 2.24) is 34.9 Å². The molecule has 8 nitrogen and oxygen atoms in total. The number of likely N-dealkylation sites (tertiary alicyclic amines) is 3. The van der Waals surface area contributed by atoms with Crippen LogP contribution in [0.5, 0.6) is 0 Å². The third kappa shape index (κ3) is 4.40. The molecule has 3 aliphatic rings. The lowest BCUT2D eigenvalue weighted by atomic mass is 9.83. The van der Waals surface area contributed by atoms with Gasteiger partial charge in [-0.2, -0.15) is 0 Å². The van der Waals surface area contributed by atoms with E-state index in [9.17, 15) is 4.79 Å². The minimum Gasteiger partial charge on any atom is -0.341 e. The van der Waals surface area contributed by atoms with Gasteiger partial charge in [-0.15, -0.1) is 5.10 Å². The van der Waals surface area contributed by atoms with Crippen LogP contribution in [0.3, 0.4) is 0 Å². The lowest BCUT2D eigenvalue weighted by Crippen LogP contribution is -2.61. The predicted octanol–water partition coefficient (Wildman–Crippen LogP) is 2.12. The fourth-order valence-electron chi connectivity index (χ4n) is 5.72. The van der Waals surface area contributed by atoms with Gasteiger partial charge in [0.2, 0.25) is 5.91 Å². The van der Waals surface area contributed by atoms with E-state index in [1.807, 2.05) is 9.58 Å². The van der Waals surface area contributed by atoms with Gasteiger partial charge in [-0.25, -0.2) is 4.68 Å². The van der Waals surface area contributed by atoms with Crippen LogP contribution in [0.15, 0.2) is 0 Å². The third-order valence-electron chi connectivity index (χ3n) is 7.51. The molecule has 8 heteroatoms. The summed E-state index contributed by atoms with van der Waals surface area (Å²) in [6.45, 7) is 13.2. The van der Waals surface area contributed by atoms with E-state index in [1.54, 1.807) is 6.92 Å². The van der Waals surface area contributed by atoms with Crippen LogP contribution in [0.4, 0.5) is 0 Å². The van der Waals surface area contributed by atoms with Crippen molar-refractivity contribution < 1.29 is 4.79 Å². The number of aryl methyl sites for hydroxylation is 1. The van der Waals surface area contributed by atoms with Gasteiger partial charge in [-0.1, -0.05) is 13.8 Å². The summed E-state index contributed by atoms with van der Waals surface area (Å²) in [5.74, 6) is 1.73. The number of aromatic nitrogens is 4. The number of hydrogen-bond donors (Lipinski definition) is 0. The maximum Gasteiger partial charge on any atom is 0.219 e. The summed E-state index contributed by atoms with van der Waals surface area (Å²) >= 11 is 0. The molecule has 168 valence electrons. The molecule has 1 aromatic heterocycles. The van der Waals surface area contributed by atoms with Gasteiger partial charge in [0, 0.05) is 45.7 Å². The minimum absolute atomic E-state index is 0.159. The first-order chi connectivity index (χ1) is 14.5. The highest BCUT2D eigenvalue weighted by atomic mass is 16.2. The van der Waals surface area contributed by atoms with Gasteiger partial charge in [0.15, 0.2) is 5.82 Å². The summed E-state index contributed by atoms with van der Waals surface area (Å²) in [6, 6.07) is 0.713. The largest absolute Gasteiger partial charge is 0.341 e. The molecule has 1 unspecified atom stereocenters. The average molecular weight is 418 g/mol. The number of hydrogen-bond acceptors (Lipinski definition) is 6. The zero-order valence-corrected chi connectivity index (χ0v) is 19.1. The van der Waals surface area contributed by atoms with E-state index >= 15 is 0 Å². The first-order valence-corrected chi connectivity index (χ1v) is 12.0. The van der Waals surface area contributed by atoms with Crippen molar-refractivity contribution in [2.24, 2.45) is 5.92 Å². The zero-order valence-electron chi connectivity index (χ0n) is 19.1. The molecule has 1 aromatic rings. The van der Waals surface area contributed by atoms with Crippen LogP contribution in [0, 0.1) is 5.92 Å². The van der Waals surface area contributed by atoms with Gasteiger partial charge < -0.3 is 9.80 Å². The van der Waals surface area contributed by atoms with E-state index in [0.717, 1.165) is 51.3 Å². The Morgan fingerprint density at radius 1 is 1.10 bits per heavy atom. The second-order valence-electron chi connectivity index (χ2n) is 9.95. The van der Waals surface area contributed by atoms with Gasteiger partial charge in [0.1, 0.15) is 5.54 Å². The van der Waals surface area contributed by atoms with Crippen molar-refractivity contribution in [3.8, 4) is 0 Å². The number of piperidine rings is 2. The van der Waals surface area contributed by atoms with Gasteiger partial charge in [0.25, 0.3) is 0 Å². The summed E-state index contributed by atoms with van der Waals surface area (Å²) in [7, 11) is 0. The molecule has 3 saturated heterocycles. The van der Waals surface area contributed by atoms with E-state index in [2.05, 4.69) is 39.2 Å². The van der Waals surface area contributed by atoms with Crippen LogP contribution < -0.4 is 0 Å². The quantitative estimate of drug-likeness (QED) is 0.706. The van der Waals surface area contributed by atoms with Gasteiger partial charge in [0.05, 0.1) is 0 Å². The van der Waals surface area contributed by atoms with E-state index < -0.39 is 0 Å². The van der Waals surface area contributed by atoms with E-state index in [4.69, 9.17) is 0 Å². The molecule has 0 radical (unpaired) electrons. The maximum absolute atomic E-state index is 12.3. The lowest BCUT2D eigenvalue weighted by Gasteiger charge is -2.51. The number of amides is 1. The normalized spacial score (nSPS) is 27.3. The van der Waals surface area contributed by atoms with Crippen molar-refractivity contribution >= 4 is 5.91 Å². The summed E-state index contributed by atoms with van der Waals surface area (Å²) < 4.78 is 2.02. The fourth-order valence-corrected chi connectivity index (χ4v) is 5.72. The Bertz CT molecular complexity index is 706. The standard InChI is InChI=1S/C22H39N7O/c1-18(2)7-16-29-21(23-24-25-29)22(10-6-13-27(17-22)19(3)30)28-14-8-20(9-15-28)26-11-4-5-12-26/h18,20H,4-17H2,1-3H3. The van der Waals surface area contributed by atoms with Gasteiger partial charge in [-0.05, 0) is 74.4 Å². The smallest absolute Gasteiger partial charge is 0.219 e. The van der Waals surface area contributed by atoms with Crippen LogP contribution in [0.1, 0.15) is 71.5 Å². The number of rotatable bonds is 6. The van der Waals surface area contributed by atoms with Crippen LogP contribution in [-0.4, -0.2) is 86.1 Å². The Morgan fingerprint density at radius 3 is 2.50 bits per heavy atom. The Morgan fingerprint density at radius 2 is 1.83 bits per heavy atom. The van der Waals surface area contributed by atoms with E-state index in [0.29, 0.717) is 18.5 Å². The molecule has 0 bridgehead atoms. The fraction of sp³-hybridized carbons (Fsp3) is 0.909. The molecule has 3 fully saturated rings. The Labute approximate surface area is 181 Å². The topological polar surface area (TPSA) is 70.4 Å². The Hall–Kier alpha value is -1.54. The monoisotopic (exact) mass is 417 g/mol. The molecule has 0 N–H and O–H groups in total. The molecule has 3 aliphatic heterocycles. The van der Waals surface area contributed by atoms with Gasteiger partial charge in [-0.3, -0.25) is 9.69 Å². The molecule has 0 spiro atoms. The number of nitrogens with zero attached hydrogens (tertiary/aromatic N) is 7. The lowest BCUT2D eigenvalue weighted by molar-refractivity contribution is -0.134. The van der Waals surface area contributed by atoms with Crippen molar-refractivity contribution in [2.75, 3.05) is 39.3 Å². The van der Waals surface area contributed by atoms with E-state index in [-0.39, 0.29) is 11.4 Å². The molecular formula is C22H39N7O. The van der Waals surface area contributed by atoms with Crippen molar-refractivity contribution in [1.29, 1.82) is 0 Å². The highest BCUT2D eigenvalue weighted by molar-refractivity contribution is 5.73. The molecule has 0 saturated carbocycles. The molecule has 4 rings (SSSR count). The second kappa shape index (κ2) is 9.30. The Kier molecular flexibility index (Phi) is 6.72. The number of tetrazole rings is 1. The first kappa shape index (κ1) is 21.7. The molecule has 0 aliphatic carbocycles. The van der Waals surface area contributed by atoms with Crippen molar-refractivity contribution in [2.45, 2.75) is 83.8 Å². The molecule has 1 atom stereocenters. The SMILES string of the molecule is CC(=O)N1CCCC(c2nnnn2CCC(C)C)(N2CCC(N3CCCC3)CC2)C1. The second-order valence-corrected chi connectivity index (χ2v) is 9.95.